The maximum Gasteiger partial charge on any atom is 0.240 e. The summed E-state index contributed by atoms with van der Waals surface area (Å²) in [4.78, 5) is 0.329. The fraction of sp³-hybridized carbons (Fsp3) is 0.375. The lowest BCUT2D eigenvalue weighted by Crippen LogP contribution is -2.29. The Bertz CT molecular complexity index is 786. The van der Waals surface area contributed by atoms with Crippen LogP contribution in [0.2, 0.25) is 0 Å². The summed E-state index contributed by atoms with van der Waals surface area (Å²) in [5.41, 5.74) is 3.63. The predicted octanol–water partition coefficient (Wildman–Crippen LogP) is 2.10. The molecule has 0 amide bonds. The zero-order valence-electron chi connectivity index (χ0n) is 13.8. The Hall–Kier alpha value is -1.99. The second-order valence-electron chi connectivity index (χ2n) is 5.59. The molecule has 0 aliphatic heterocycles. The zero-order chi connectivity index (χ0) is 17.0. The number of nitrogens with one attached hydrogen (secondary N) is 2. The molecular formula is C16H22N4O2S. The lowest BCUT2D eigenvalue weighted by atomic mass is 10.1. The van der Waals surface area contributed by atoms with Crippen LogP contribution in [0.5, 0.6) is 0 Å². The lowest BCUT2D eigenvalue weighted by Gasteiger charge is -2.12. The highest BCUT2D eigenvalue weighted by Gasteiger charge is 2.17. The Balaban J connectivity index is 1.96. The van der Waals surface area contributed by atoms with Crippen molar-refractivity contribution in [2.75, 3.05) is 18.4 Å². The second kappa shape index (κ2) is 7.06. The number of hydrogen-bond acceptors (Lipinski definition) is 5. The largest absolute Gasteiger partial charge is 0.367 e. The van der Waals surface area contributed by atoms with Crippen LogP contribution in [0.25, 0.3) is 0 Å². The highest BCUT2D eigenvalue weighted by Crippen LogP contribution is 2.19. The highest BCUT2D eigenvalue weighted by atomic mass is 32.2. The van der Waals surface area contributed by atoms with Gasteiger partial charge in [0.2, 0.25) is 10.0 Å². The summed E-state index contributed by atoms with van der Waals surface area (Å²) in [5.74, 6) is 0.622. The molecule has 0 spiro atoms. The van der Waals surface area contributed by atoms with Crippen LogP contribution in [0.4, 0.5) is 5.82 Å². The number of aryl methyl sites for hydroxylation is 4. The average Bonchev–Trinajstić information content (AvgIpc) is 2.49. The molecule has 0 aliphatic carbocycles. The summed E-state index contributed by atoms with van der Waals surface area (Å²) in [7, 11) is -3.52. The molecule has 124 valence electrons. The average molecular weight is 334 g/mol. The van der Waals surface area contributed by atoms with Gasteiger partial charge in [-0.05, 0) is 62.6 Å². The maximum atomic E-state index is 12.4. The number of hydrogen-bond donors (Lipinski definition) is 2. The molecule has 0 saturated carbocycles. The number of anilines is 1. The van der Waals surface area contributed by atoms with E-state index in [-0.39, 0.29) is 6.54 Å². The van der Waals surface area contributed by atoms with Gasteiger partial charge < -0.3 is 5.32 Å². The van der Waals surface area contributed by atoms with Gasteiger partial charge in [-0.2, -0.15) is 5.10 Å². The van der Waals surface area contributed by atoms with Crippen molar-refractivity contribution in [3.63, 3.8) is 0 Å². The normalized spacial score (nSPS) is 11.5. The van der Waals surface area contributed by atoms with Crippen LogP contribution in [0, 0.1) is 27.7 Å². The second-order valence-corrected chi connectivity index (χ2v) is 7.32. The predicted molar refractivity (Wildman–Crippen MR) is 91.1 cm³/mol. The van der Waals surface area contributed by atoms with Gasteiger partial charge in [-0.3, -0.25) is 0 Å². The highest BCUT2D eigenvalue weighted by molar-refractivity contribution is 7.89. The monoisotopic (exact) mass is 334 g/mol. The van der Waals surface area contributed by atoms with Gasteiger partial charge in [-0.25, -0.2) is 13.1 Å². The van der Waals surface area contributed by atoms with Crippen LogP contribution in [-0.4, -0.2) is 31.7 Å². The molecule has 0 unspecified atom stereocenters. The standard InChI is InChI=1S/C16H22N4O2S/c1-11-9-13(3)15(10-12(11)2)23(21,22)18-8-7-17-16-6-5-14(4)19-20-16/h5-6,9-10,18H,7-8H2,1-4H3,(H,17,20). The van der Waals surface area contributed by atoms with Crippen LogP contribution < -0.4 is 10.0 Å². The van der Waals surface area contributed by atoms with Gasteiger partial charge in [0.15, 0.2) is 0 Å². The first-order chi connectivity index (χ1) is 10.8. The molecule has 2 aromatic rings. The van der Waals surface area contributed by atoms with Gasteiger partial charge in [0, 0.05) is 13.1 Å². The molecule has 7 heteroatoms. The summed E-state index contributed by atoms with van der Waals surface area (Å²) in [6.45, 7) is 8.24. The first kappa shape index (κ1) is 17.4. The minimum atomic E-state index is -3.52. The summed E-state index contributed by atoms with van der Waals surface area (Å²) in [6, 6.07) is 7.26. The van der Waals surface area contributed by atoms with Crippen LogP contribution in [-0.2, 0) is 10.0 Å². The molecule has 1 aromatic carbocycles. The molecule has 6 nitrogen and oxygen atoms in total. The quantitative estimate of drug-likeness (QED) is 0.790. The number of rotatable bonds is 6. The van der Waals surface area contributed by atoms with Crippen LogP contribution in [0.3, 0.4) is 0 Å². The molecule has 1 heterocycles. The van der Waals surface area contributed by atoms with E-state index >= 15 is 0 Å². The Labute approximate surface area is 137 Å². The first-order valence-corrected chi connectivity index (χ1v) is 8.89. The maximum absolute atomic E-state index is 12.4. The Morgan fingerprint density at radius 3 is 2.26 bits per heavy atom. The first-order valence-electron chi connectivity index (χ1n) is 7.41. The molecule has 0 bridgehead atoms. The van der Waals surface area contributed by atoms with E-state index in [0.717, 1.165) is 22.4 Å². The van der Waals surface area contributed by atoms with Crippen LogP contribution in [0.1, 0.15) is 22.4 Å². The van der Waals surface area contributed by atoms with Gasteiger partial charge in [0.25, 0.3) is 0 Å². The zero-order valence-corrected chi connectivity index (χ0v) is 14.7. The molecule has 0 fully saturated rings. The molecule has 1 aromatic heterocycles. The van der Waals surface area contributed by atoms with Gasteiger partial charge in [-0.15, -0.1) is 5.10 Å². The minimum absolute atomic E-state index is 0.268. The van der Waals surface area contributed by atoms with Crippen molar-refractivity contribution >= 4 is 15.8 Å². The summed E-state index contributed by atoms with van der Waals surface area (Å²) in [5, 5.41) is 10.9. The Morgan fingerprint density at radius 2 is 1.61 bits per heavy atom. The Kier molecular flexibility index (Phi) is 5.33. The summed E-state index contributed by atoms with van der Waals surface area (Å²) < 4.78 is 27.4. The van der Waals surface area contributed by atoms with E-state index in [4.69, 9.17) is 0 Å². The number of aromatic nitrogens is 2. The topological polar surface area (TPSA) is 84.0 Å². The van der Waals surface area contributed by atoms with E-state index in [2.05, 4.69) is 20.2 Å². The fourth-order valence-electron chi connectivity index (χ4n) is 2.17. The summed E-state index contributed by atoms with van der Waals surface area (Å²) >= 11 is 0. The van der Waals surface area contributed by atoms with Gasteiger partial charge in [-0.1, -0.05) is 6.07 Å². The Morgan fingerprint density at radius 1 is 0.913 bits per heavy atom. The van der Waals surface area contributed by atoms with Crippen molar-refractivity contribution in [1.82, 2.24) is 14.9 Å². The van der Waals surface area contributed by atoms with E-state index in [1.807, 2.05) is 39.0 Å². The molecule has 2 rings (SSSR count). The lowest BCUT2D eigenvalue weighted by molar-refractivity contribution is 0.582. The molecule has 2 N–H and O–H groups in total. The molecule has 0 radical (unpaired) electrons. The van der Waals surface area contributed by atoms with E-state index in [1.165, 1.54) is 0 Å². The third-order valence-corrected chi connectivity index (χ3v) is 5.20. The molecule has 23 heavy (non-hydrogen) atoms. The van der Waals surface area contributed by atoms with E-state index in [1.54, 1.807) is 13.0 Å². The van der Waals surface area contributed by atoms with Crippen molar-refractivity contribution in [1.29, 1.82) is 0 Å². The van der Waals surface area contributed by atoms with Gasteiger partial charge >= 0.3 is 0 Å². The molecular weight excluding hydrogens is 312 g/mol. The fourth-order valence-corrected chi connectivity index (χ4v) is 3.51. The van der Waals surface area contributed by atoms with Crippen molar-refractivity contribution in [2.45, 2.75) is 32.6 Å². The molecule has 0 aliphatic rings. The van der Waals surface area contributed by atoms with Crippen LogP contribution >= 0.6 is 0 Å². The van der Waals surface area contributed by atoms with Crippen molar-refractivity contribution in [2.24, 2.45) is 0 Å². The third-order valence-electron chi connectivity index (χ3n) is 3.60. The number of sulfonamides is 1. The number of nitrogens with zero attached hydrogens (tertiary/aromatic N) is 2. The third kappa shape index (κ3) is 4.49. The molecule has 0 saturated heterocycles. The van der Waals surface area contributed by atoms with E-state index in [0.29, 0.717) is 17.3 Å². The van der Waals surface area contributed by atoms with Crippen molar-refractivity contribution < 1.29 is 8.42 Å². The minimum Gasteiger partial charge on any atom is -0.367 e. The van der Waals surface area contributed by atoms with Gasteiger partial charge in [0.1, 0.15) is 5.82 Å². The number of benzene rings is 1. The van der Waals surface area contributed by atoms with Gasteiger partial charge in [0.05, 0.1) is 10.6 Å². The van der Waals surface area contributed by atoms with Crippen LogP contribution in [0.15, 0.2) is 29.2 Å². The van der Waals surface area contributed by atoms with Crippen molar-refractivity contribution in [3.8, 4) is 0 Å². The summed E-state index contributed by atoms with van der Waals surface area (Å²) in [6.07, 6.45) is 0. The van der Waals surface area contributed by atoms with E-state index < -0.39 is 10.0 Å². The molecule has 0 atom stereocenters. The van der Waals surface area contributed by atoms with Crippen molar-refractivity contribution in [3.05, 3.63) is 46.6 Å². The SMILES string of the molecule is Cc1ccc(NCCNS(=O)(=O)c2cc(C)c(C)cc2C)nn1. The van der Waals surface area contributed by atoms with E-state index in [9.17, 15) is 8.42 Å². The smallest absolute Gasteiger partial charge is 0.240 e.